The third-order valence-electron chi connectivity index (χ3n) is 4.82. The maximum absolute atomic E-state index is 10.4. The van der Waals surface area contributed by atoms with E-state index in [1.807, 2.05) is 12.3 Å². The molecule has 0 aliphatic carbocycles. The highest BCUT2D eigenvalue weighted by atomic mass is 35.5. The number of phenols is 1. The number of phenolic OH excluding ortho intramolecular Hbond substituents is 1. The van der Waals surface area contributed by atoms with Gasteiger partial charge in [-0.3, -0.25) is 0 Å². The Kier molecular flexibility index (Phi) is 3.62. The van der Waals surface area contributed by atoms with Crippen LogP contribution in [-0.2, 0) is 13.0 Å². The highest BCUT2D eigenvalue weighted by Crippen LogP contribution is 2.41. The largest absolute Gasteiger partial charge is 0.504 e. The Morgan fingerprint density at radius 3 is 2.72 bits per heavy atom. The van der Waals surface area contributed by atoms with Gasteiger partial charge in [-0.15, -0.1) is 12.4 Å². The molecule has 3 heterocycles. The molecular weight excluding hydrogens is 342 g/mol. The maximum atomic E-state index is 10.4. The van der Waals surface area contributed by atoms with Gasteiger partial charge >= 0.3 is 0 Å². The first-order valence-corrected chi connectivity index (χ1v) is 7.90. The van der Waals surface area contributed by atoms with Crippen LogP contribution < -0.4 is 18.8 Å². The van der Waals surface area contributed by atoms with Gasteiger partial charge in [-0.25, -0.2) is 0 Å². The van der Waals surface area contributed by atoms with Crippen molar-refractivity contribution in [2.45, 2.75) is 13.0 Å². The number of halogens is 1. The Hall–Kier alpha value is -2.66. The predicted molar refractivity (Wildman–Crippen MR) is 94.9 cm³/mol. The summed E-state index contributed by atoms with van der Waals surface area (Å²) in [6, 6.07) is 10.00. The predicted octanol–water partition coefficient (Wildman–Crippen LogP) is 3.22. The number of methoxy groups -OCH3 is 1. The second-order valence-electron chi connectivity index (χ2n) is 6.08. The Labute approximate surface area is 150 Å². The standard InChI is InChI=1S/C19H15NO4.ClH/c1-22-16-3-2-11-6-15-13-8-18-17(23-10-24-18)7-12(13)4-5-20(15)9-14(11)19(16)21;/h2-3,6-9H,4-5,10H2,1H3;1H/p+1. The fraction of sp³-hybridized carbons (Fsp3) is 0.211. The topological polar surface area (TPSA) is 51.8 Å². The summed E-state index contributed by atoms with van der Waals surface area (Å²) in [7, 11) is 1.56. The van der Waals surface area contributed by atoms with Gasteiger partial charge in [-0.05, 0) is 35.2 Å². The van der Waals surface area contributed by atoms with E-state index in [1.165, 1.54) is 5.56 Å². The molecule has 0 amide bonds. The van der Waals surface area contributed by atoms with Gasteiger partial charge in [0.2, 0.25) is 12.5 Å². The van der Waals surface area contributed by atoms with Crippen LogP contribution in [0.2, 0.25) is 0 Å². The molecule has 0 unspecified atom stereocenters. The highest BCUT2D eigenvalue weighted by molar-refractivity contribution is 5.91. The number of benzene rings is 2. The van der Waals surface area contributed by atoms with E-state index < -0.39 is 0 Å². The molecule has 0 atom stereocenters. The Bertz CT molecular complexity index is 1000. The van der Waals surface area contributed by atoms with Crippen LogP contribution in [0.15, 0.2) is 36.5 Å². The number of aromatic nitrogens is 1. The molecule has 1 aromatic heterocycles. The first kappa shape index (κ1) is 15.8. The molecule has 5 rings (SSSR count). The van der Waals surface area contributed by atoms with E-state index in [4.69, 9.17) is 14.2 Å². The lowest BCUT2D eigenvalue weighted by atomic mass is 9.95. The molecule has 0 saturated carbocycles. The minimum Gasteiger partial charge on any atom is -0.504 e. The Morgan fingerprint density at radius 1 is 1.12 bits per heavy atom. The first-order chi connectivity index (χ1) is 11.7. The van der Waals surface area contributed by atoms with Crippen LogP contribution in [0.5, 0.6) is 23.0 Å². The number of rotatable bonds is 1. The molecule has 25 heavy (non-hydrogen) atoms. The molecule has 128 valence electrons. The molecule has 3 aromatic rings. The monoisotopic (exact) mass is 358 g/mol. The average molecular weight is 359 g/mol. The molecule has 0 saturated heterocycles. The van der Waals surface area contributed by atoms with Crippen LogP contribution in [-0.4, -0.2) is 19.0 Å². The van der Waals surface area contributed by atoms with E-state index in [1.54, 1.807) is 13.2 Å². The molecule has 2 aromatic carbocycles. The minimum atomic E-state index is 0. The number of aryl methyl sites for hydroxylation is 2. The Balaban J connectivity index is 0.00000157. The summed E-state index contributed by atoms with van der Waals surface area (Å²) >= 11 is 0. The molecule has 0 bridgehead atoms. The highest BCUT2D eigenvalue weighted by Gasteiger charge is 2.28. The number of pyridine rings is 1. The van der Waals surface area contributed by atoms with E-state index in [2.05, 4.69) is 22.8 Å². The third-order valence-corrected chi connectivity index (χ3v) is 4.82. The van der Waals surface area contributed by atoms with Crippen molar-refractivity contribution in [1.29, 1.82) is 0 Å². The van der Waals surface area contributed by atoms with Crippen molar-refractivity contribution < 1.29 is 23.9 Å². The van der Waals surface area contributed by atoms with E-state index in [0.717, 1.165) is 46.5 Å². The van der Waals surface area contributed by atoms with Crippen LogP contribution in [0, 0.1) is 0 Å². The van der Waals surface area contributed by atoms with Gasteiger partial charge in [-0.2, -0.15) is 4.57 Å². The summed E-state index contributed by atoms with van der Waals surface area (Å²) in [4.78, 5) is 0. The molecule has 2 aliphatic heterocycles. The van der Waals surface area contributed by atoms with Crippen molar-refractivity contribution >= 4 is 23.2 Å². The first-order valence-electron chi connectivity index (χ1n) is 7.90. The van der Waals surface area contributed by atoms with Gasteiger partial charge < -0.3 is 19.3 Å². The van der Waals surface area contributed by atoms with Gasteiger partial charge in [0.25, 0.3) is 0 Å². The van der Waals surface area contributed by atoms with Crippen LogP contribution in [0.4, 0.5) is 0 Å². The zero-order valence-corrected chi connectivity index (χ0v) is 14.4. The lowest BCUT2D eigenvalue weighted by Crippen LogP contribution is -2.39. The quantitative estimate of drug-likeness (QED) is 0.679. The molecule has 0 spiro atoms. The fourth-order valence-electron chi connectivity index (χ4n) is 3.57. The van der Waals surface area contributed by atoms with Gasteiger partial charge in [0.05, 0.1) is 18.1 Å². The minimum absolute atomic E-state index is 0. The number of fused-ring (bicyclic) bond motifs is 5. The fourth-order valence-corrected chi connectivity index (χ4v) is 3.57. The number of nitrogens with zero attached hydrogens (tertiary/aromatic N) is 1. The third kappa shape index (κ3) is 2.27. The van der Waals surface area contributed by atoms with Gasteiger partial charge in [0, 0.05) is 12.5 Å². The summed E-state index contributed by atoms with van der Waals surface area (Å²) in [6.07, 6.45) is 2.91. The number of ether oxygens (including phenoxy) is 3. The van der Waals surface area contributed by atoms with E-state index >= 15 is 0 Å². The van der Waals surface area contributed by atoms with Crippen LogP contribution >= 0.6 is 12.4 Å². The Morgan fingerprint density at radius 2 is 1.92 bits per heavy atom. The van der Waals surface area contributed by atoms with Crippen LogP contribution in [0.25, 0.3) is 22.0 Å². The van der Waals surface area contributed by atoms with Gasteiger partial charge in [0.15, 0.2) is 35.7 Å². The maximum Gasteiger partial charge on any atom is 0.231 e. The van der Waals surface area contributed by atoms with Crippen molar-refractivity contribution in [2.24, 2.45) is 0 Å². The zero-order valence-electron chi connectivity index (χ0n) is 13.6. The lowest BCUT2D eigenvalue weighted by Gasteiger charge is -2.16. The van der Waals surface area contributed by atoms with Crippen LogP contribution in [0.1, 0.15) is 5.56 Å². The summed E-state index contributed by atoms with van der Waals surface area (Å²) in [6.45, 7) is 1.14. The van der Waals surface area contributed by atoms with E-state index in [9.17, 15) is 5.11 Å². The van der Waals surface area contributed by atoms with Crippen molar-refractivity contribution in [3.05, 3.63) is 42.1 Å². The van der Waals surface area contributed by atoms with Crippen molar-refractivity contribution in [3.63, 3.8) is 0 Å². The summed E-state index contributed by atoms with van der Waals surface area (Å²) < 4.78 is 18.4. The number of aromatic hydroxyl groups is 1. The molecule has 6 heteroatoms. The van der Waals surface area contributed by atoms with Gasteiger partial charge in [-0.1, -0.05) is 0 Å². The number of hydrogen-bond donors (Lipinski definition) is 1. The zero-order chi connectivity index (χ0) is 16.3. The van der Waals surface area contributed by atoms with Crippen LogP contribution in [0.3, 0.4) is 0 Å². The normalized spacial score (nSPS) is 13.8. The van der Waals surface area contributed by atoms with Crippen molar-refractivity contribution in [2.75, 3.05) is 13.9 Å². The molecular formula is C19H17ClNO4+. The molecule has 5 nitrogen and oxygen atoms in total. The molecule has 0 radical (unpaired) electrons. The SMILES string of the molecule is COc1ccc2cc3[n+](cc2c1O)CCc1cc2c(cc1-3)OCO2.Cl. The lowest BCUT2D eigenvalue weighted by molar-refractivity contribution is -0.686. The smallest absolute Gasteiger partial charge is 0.231 e. The molecule has 1 N–H and O–H groups in total. The summed E-state index contributed by atoms with van der Waals surface area (Å²) in [5.41, 5.74) is 3.53. The molecule has 2 aliphatic rings. The second-order valence-corrected chi connectivity index (χ2v) is 6.08. The summed E-state index contributed by atoms with van der Waals surface area (Å²) in [5, 5.41) is 12.2. The van der Waals surface area contributed by atoms with Crippen molar-refractivity contribution in [3.8, 4) is 34.3 Å². The van der Waals surface area contributed by atoms with E-state index in [-0.39, 0.29) is 24.9 Å². The summed E-state index contributed by atoms with van der Waals surface area (Å²) in [5.74, 6) is 2.29. The average Bonchev–Trinajstić information content (AvgIpc) is 3.06. The molecule has 0 fully saturated rings. The number of hydrogen-bond acceptors (Lipinski definition) is 4. The van der Waals surface area contributed by atoms with Gasteiger partial charge in [0.1, 0.15) is 0 Å². The van der Waals surface area contributed by atoms with E-state index in [0.29, 0.717) is 5.75 Å². The second kappa shape index (κ2) is 5.70. The van der Waals surface area contributed by atoms with Crippen molar-refractivity contribution in [1.82, 2.24) is 0 Å².